The number of carboxylic acid groups (broad SMARTS) is 1. The van der Waals surface area contributed by atoms with Gasteiger partial charge in [0.05, 0.1) is 18.7 Å². The van der Waals surface area contributed by atoms with E-state index in [0.29, 0.717) is 6.54 Å². The molecule has 1 saturated heterocycles. The fraction of sp³-hybridized carbons (Fsp3) is 0.500. The summed E-state index contributed by atoms with van der Waals surface area (Å²) in [6, 6.07) is 3.13. The smallest absolute Gasteiger partial charge is 0.308 e. The van der Waals surface area contributed by atoms with Crippen molar-refractivity contribution in [3.8, 4) is 0 Å². The van der Waals surface area contributed by atoms with Crippen LogP contribution in [0.5, 0.6) is 0 Å². The van der Waals surface area contributed by atoms with E-state index in [1.807, 2.05) is 6.92 Å². The van der Waals surface area contributed by atoms with Gasteiger partial charge in [-0.2, -0.15) is 0 Å². The zero-order chi connectivity index (χ0) is 15.6. The Bertz CT molecular complexity index is 540. The minimum atomic E-state index is -0.891. The molecule has 0 saturated carbocycles. The highest BCUT2D eigenvalue weighted by Gasteiger charge is 2.37. The molecular formula is C14H18N2O5. The van der Waals surface area contributed by atoms with Crippen molar-refractivity contribution in [1.29, 1.82) is 0 Å². The standard InChI is InChI=1S/C14H18N2O5/c1-9-6-16(7-10(9)14(19)20)12(17)8-15(2)13(18)11-4-3-5-21-11/h3-5,9-10H,6-8H2,1-2H3,(H,19,20)/t9-,10-/m1/s1. The van der Waals surface area contributed by atoms with Crippen molar-refractivity contribution in [3.05, 3.63) is 24.2 Å². The lowest BCUT2D eigenvalue weighted by Crippen LogP contribution is -2.40. The lowest BCUT2D eigenvalue weighted by molar-refractivity contribution is -0.142. The SMILES string of the molecule is C[C@@H]1CN(C(=O)CN(C)C(=O)c2ccco2)C[C@H]1C(=O)O. The van der Waals surface area contributed by atoms with E-state index < -0.39 is 11.9 Å². The monoisotopic (exact) mass is 294 g/mol. The molecule has 0 unspecified atom stereocenters. The summed E-state index contributed by atoms with van der Waals surface area (Å²) in [7, 11) is 1.51. The number of hydrogen-bond donors (Lipinski definition) is 1. The summed E-state index contributed by atoms with van der Waals surface area (Å²) in [6.07, 6.45) is 1.39. The summed E-state index contributed by atoms with van der Waals surface area (Å²) < 4.78 is 5.00. The summed E-state index contributed by atoms with van der Waals surface area (Å²) in [6.45, 7) is 2.30. The van der Waals surface area contributed by atoms with Gasteiger partial charge in [0.15, 0.2) is 5.76 Å². The minimum absolute atomic E-state index is 0.0856. The number of carbonyl (C=O) groups is 3. The predicted octanol–water partition coefficient (Wildman–Crippen LogP) is 0.531. The molecular weight excluding hydrogens is 276 g/mol. The molecule has 1 aliphatic rings. The Balaban J connectivity index is 1.93. The summed E-state index contributed by atoms with van der Waals surface area (Å²) in [5.74, 6) is -1.98. The van der Waals surface area contributed by atoms with Gasteiger partial charge in [0.2, 0.25) is 5.91 Å². The van der Waals surface area contributed by atoms with Gasteiger partial charge in [0.1, 0.15) is 0 Å². The van der Waals surface area contributed by atoms with Crippen molar-refractivity contribution in [2.45, 2.75) is 6.92 Å². The Kier molecular flexibility index (Phi) is 4.30. The van der Waals surface area contributed by atoms with Crippen LogP contribution in [-0.4, -0.2) is 59.4 Å². The van der Waals surface area contributed by atoms with Crippen molar-refractivity contribution >= 4 is 17.8 Å². The number of hydrogen-bond acceptors (Lipinski definition) is 4. The number of likely N-dealkylation sites (N-methyl/N-ethyl adjacent to an activating group) is 1. The van der Waals surface area contributed by atoms with Gasteiger partial charge < -0.3 is 19.3 Å². The number of amides is 2. The molecule has 7 heteroatoms. The summed E-state index contributed by atoms with van der Waals surface area (Å²) in [5, 5.41) is 9.06. The zero-order valence-corrected chi connectivity index (χ0v) is 12.0. The maximum atomic E-state index is 12.2. The van der Waals surface area contributed by atoms with E-state index in [1.165, 1.54) is 29.2 Å². The van der Waals surface area contributed by atoms with Crippen LogP contribution in [0.2, 0.25) is 0 Å². The van der Waals surface area contributed by atoms with E-state index >= 15 is 0 Å². The average molecular weight is 294 g/mol. The highest BCUT2D eigenvalue weighted by molar-refractivity contribution is 5.94. The van der Waals surface area contributed by atoms with Crippen LogP contribution in [0.4, 0.5) is 0 Å². The topological polar surface area (TPSA) is 91.1 Å². The second kappa shape index (κ2) is 5.99. The maximum absolute atomic E-state index is 12.2. The number of aliphatic carboxylic acids is 1. The van der Waals surface area contributed by atoms with Crippen LogP contribution in [0.25, 0.3) is 0 Å². The molecule has 1 fully saturated rings. The van der Waals surface area contributed by atoms with E-state index in [-0.39, 0.29) is 36.6 Å². The number of likely N-dealkylation sites (tertiary alicyclic amines) is 1. The molecule has 1 aliphatic heterocycles. The van der Waals surface area contributed by atoms with E-state index in [9.17, 15) is 14.4 Å². The molecule has 2 amide bonds. The molecule has 7 nitrogen and oxygen atoms in total. The fourth-order valence-electron chi connectivity index (χ4n) is 2.45. The Morgan fingerprint density at radius 3 is 2.67 bits per heavy atom. The number of furan rings is 1. The Labute approximate surface area is 122 Å². The third-order valence-corrected chi connectivity index (χ3v) is 3.73. The van der Waals surface area contributed by atoms with Crippen molar-refractivity contribution < 1.29 is 23.9 Å². The summed E-state index contributed by atoms with van der Waals surface area (Å²) in [4.78, 5) is 37.9. The van der Waals surface area contributed by atoms with E-state index in [0.717, 1.165) is 0 Å². The van der Waals surface area contributed by atoms with Gasteiger partial charge in [-0.15, -0.1) is 0 Å². The van der Waals surface area contributed by atoms with Crippen LogP contribution in [0.3, 0.4) is 0 Å². The third kappa shape index (κ3) is 3.24. The molecule has 1 aromatic rings. The molecule has 2 rings (SSSR count). The van der Waals surface area contributed by atoms with Crippen LogP contribution in [0, 0.1) is 11.8 Å². The van der Waals surface area contributed by atoms with Gasteiger partial charge in [-0.05, 0) is 18.1 Å². The predicted molar refractivity (Wildman–Crippen MR) is 72.5 cm³/mol. The molecule has 1 aromatic heterocycles. The first kappa shape index (κ1) is 15.1. The number of nitrogens with zero attached hydrogens (tertiary/aromatic N) is 2. The van der Waals surface area contributed by atoms with E-state index in [1.54, 1.807) is 6.07 Å². The zero-order valence-electron chi connectivity index (χ0n) is 12.0. The molecule has 2 heterocycles. The average Bonchev–Trinajstić information content (AvgIpc) is 3.06. The highest BCUT2D eigenvalue weighted by Crippen LogP contribution is 2.23. The van der Waals surface area contributed by atoms with Gasteiger partial charge in [-0.25, -0.2) is 0 Å². The van der Waals surface area contributed by atoms with Crippen LogP contribution < -0.4 is 0 Å². The van der Waals surface area contributed by atoms with Gasteiger partial charge in [0, 0.05) is 20.1 Å². The molecule has 0 aliphatic carbocycles. The van der Waals surface area contributed by atoms with Crippen LogP contribution in [0.1, 0.15) is 17.5 Å². The molecule has 21 heavy (non-hydrogen) atoms. The van der Waals surface area contributed by atoms with Crippen LogP contribution >= 0.6 is 0 Å². The number of carbonyl (C=O) groups excluding carboxylic acids is 2. The lowest BCUT2D eigenvalue weighted by atomic mass is 9.99. The van der Waals surface area contributed by atoms with Crippen molar-refractivity contribution in [1.82, 2.24) is 9.80 Å². The van der Waals surface area contributed by atoms with Crippen LogP contribution in [-0.2, 0) is 9.59 Å². The number of rotatable bonds is 4. The maximum Gasteiger partial charge on any atom is 0.308 e. The van der Waals surface area contributed by atoms with Gasteiger partial charge in [-0.1, -0.05) is 6.92 Å². The molecule has 0 bridgehead atoms. The molecule has 0 spiro atoms. The second-order valence-corrected chi connectivity index (χ2v) is 5.36. The molecule has 1 N–H and O–H groups in total. The first-order chi connectivity index (χ1) is 9.90. The molecule has 114 valence electrons. The quantitative estimate of drug-likeness (QED) is 0.874. The first-order valence-corrected chi connectivity index (χ1v) is 6.69. The minimum Gasteiger partial charge on any atom is -0.481 e. The molecule has 2 atom stereocenters. The van der Waals surface area contributed by atoms with Crippen molar-refractivity contribution in [3.63, 3.8) is 0 Å². The highest BCUT2D eigenvalue weighted by atomic mass is 16.4. The van der Waals surface area contributed by atoms with E-state index in [4.69, 9.17) is 9.52 Å². The molecule has 0 aromatic carbocycles. The Morgan fingerprint density at radius 1 is 1.43 bits per heavy atom. The molecule has 0 radical (unpaired) electrons. The normalized spacial score (nSPS) is 21.3. The van der Waals surface area contributed by atoms with Gasteiger partial charge >= 0.3 is 5.97 Å². The second-order valence-electron chi connectivity index (χ2n) is 5.36. The fourth-order valence-corrected chi connectivity index (χ4v) is 2.45. The van der Waals surface area contributed by atoms with Gasteiger partial charge in [0.25, 0.3) is 5.91 Å². The first-order valence-electron chi connectivity index (χ1n) is 6.69. The van der Waals surface area contributed by atoms with Crippen LogP contribution in [0.15, 0.2) is 22.8 Å². The Hall–Kier alpha value is -2.31. The summed E-state index contributed by atoms with van der Waals surface area (Å²) in [5.41, 5.74) is 0. The van der Waals surface area contributed by atoms with Gasteiger partial charge in [-0.3, -0.25) is 14.4 Å². The van der Waals surface area contributed by atoms with Crippen molar-refractivity contribution in [2.75, 3.05) is 26.7 Å². The van der Waals surface area contributed by atoms with E-state index in [2.05, 4.69) is 0 Å². The third-order valence-electron chi connectivity index (χ3n) is 3.73. The number of carboxylic acids is 1. The largest absolute Gasteiger partial charge is 0.481 e. The van der Waals surface area contributed by atoms with Crippen molar-refractivity contribution in [2.24, 2.45) is 11.8 Å². The summed E-state index contributed by atoms with van der Waals surface area (Å²) >= 11 is 0. The lowest BCUT2D eigenvalue weighted by Gasteiger charge is -2.21. The Morgan fingerprint density at radius 2 is 2.14 bits per heavy atom.